The van der Waals surface area contributed by atoms with E-state index in [4.69, 9.17) is 4.74 Å². The first-order chi connectivity index (χ1) is 12.0. The lowest BCUT2D eigenvalue weighted by Gasteiger charge is -2.34. The number of aromatic nitrogens is 2. The Morgan fingerprint density at radius 3 is 3.04 bits per heavy atom. The standard InChI is InChI=1S/C19H25N3O3/c1-14-5-3-7-16(11-14)25-13-17(23)22-9-4-6-15(12-22)18(24)19-20-8-10-21(19)2/h3,5,7-8,10-11,15,18,24H,4,6,9,12-13H2,1-2H3. The minimum Gasteiger partial charge on any atom is -0.484 e. The molecular weight excluding hydrogens is 318 g/mol. The summed E-state index contributed by atoms with van der Waals surface area (Å²) in [6.45, 7) is 3.25. The Labute approximate surface area is 148 Å². The second-order valence-electron chi connectivity index (χ2n) is 6.69. The molecule has 6 nitrogen and oxygen atoms in total. The zero-order chi connectivity index (χ0) is 17.8. The van der Waals surface area contributed by atoms with Crippen LogP contribution in [0.15, 0.2) is 36.7 Å². The molecule has 1 amide bonds. The van der Waals surface area contributed by atoms with Crippen LogP contribution in [0.5, 0.6) is 5.75 Å². The molecule has 1 aromatic heterocycles. The molecule has 1 aliphatic heterocycles. The summed E-state index contributed by atoms with van der Waals surface area (Å²) in [5.74, 6) is 1.31. The molecule has 0 saturated carbocycles. The number of ether oxygens (including phenoxy) is 1. The summed E-state index contributed by atoms with van der Waals surface area (Å²) in [6.07, 6.45) is 4.60. The van der Waals surface area contributed by atoms with Gasteiger partial charge in [0.1, 0.15) is 17.7 Å². The first-order valence-corrected chi connectivity index (χ1v) is 8.67. The van der Waals surface area contributed by atoms with E-state index in [2.05, 4.69) is 4.98 Å². The van der Waals surface area contributed by atoms with Gasteiger partial charge in [-0.15, -0.1) is 0 Å². The number of imidazole rings is 1. The van der Waals surface area contributed by atoms with Gasteiger partial charge in [-0.25, -0.2) is 4.98 Å². The van der Waals surface area contributed by atoms with Crippen LogP contribution in [0.3, 0.4) is 0 Å². The second-order valence-corrected chi connectivity index (χ2v) is 6.69. The first kappa shape index (κ1) is 17.5. The molecule has 1 fully saturated rings. The number of benzene rings is 1. The van der Waals surface area contributed by atoms with Gasteiger partial charge in [0.05, 0.1) is 0 Å². The van der Waals surface area contributed by atoms with Crippen LogP contribution in [0, 0.1) is 12.8 Å². The topological polar surface area (TPSA) is 67.6 Å². The molecule has 0 spiro atoms. The number of aliphatic hydroxyl groups is 1. The molecular formula is C19H25N3O3. The van der Waals surface area contributed by atoms with Crippen molar-refractivity contribution < 1.29 is 14.6 Å². The van der Waals surface area contributed by atoms with Crippen molar-refractivity contribution in [3.8, 4) is 5.75 Å². The van der Waals surface area contributed by atoms with Gasteiger partial charge in [0, 0.05) is 38.4 Å². The number of carbonyl (C=O) groups excluding carboxylic acids is 1. The number of rotatable bonds is 5. The van der Waals surface area contributed by atoms with E-state index in [0.29, 0.717) is 24.7 Å². The van der Waals surface area contributed by atoms with Gasteiger partial charge < -0.3 is 19.3 Å². The number of aryl methyl sites for hydroxylation is 2. The zero-order valence-electron chi connectivity index (χ0n) is 14.8. The number of aliphatic hydroxyl groups excluding tert-OH is 1. The molecule has 1 aliphatic rings. The van der Waals surface area contributed by atoms with Gasteiger partial charge in [0.25, 0.3) is 5.91 Å². The van der Waals surface area contributed by atoms with Gasteiger partial charge in [-0.2, -0.15) is 0 Å². The fourth-order valence-electron chi connectivity index (χ4n) is 3.31. The average molecular weight is 343 g/mol. The summed E-state index contributed by atoms with van der Waals surface area (Å²) in [5, 5.41) is 10.6. The molecule has 2 unspecified atom stereocenters. The molecule has 2 atom stereocenters. The van der Waals surface area contributed by atoms with Crippen LogP contribution in [0.2, 0.25) is 0 Å². The van der Waals surface area contributed by atoms with Gasteiger partial charge >= 0.3 is 0 Å². The molecule has 6 heteroatoms. The number of amides is 1. The molecule has 2 heterocycles. The van der Waals surface area contributed by atoms with E-state index >= 15 is 0 Å². The maximum atomic E-state index is 12.5. The molecule has 25 heavy (non-hydrogen) atoms. The van der Waals surface area contributed by atoms with Gasteiger partial charge in [-0.1, -0.05) is 12.1 Å². The van der Waals surface area contributed by atoms with E-state index in [1.165, 1.54) is 0 Å². The van der Waals surface area contributed by atoms with E-state index in [0.717, 1.165) is 18.4 Å². The first-order valence-electron chi connectivity index (χ1n) is 8.67. The predicted octanol–water partition coefficient (Wildman–Crippen LogP) is 2.08. The number of piperidine rings is 1. The summed E-state index contributed by atoms with van der Waals surface area (Å²) in [6, 6.07) is 7.67. The van der Waals surface area contributed by atoms with Crippen molar-refractivity contribution in [1.29, 1.82) is 0 Å². The summed E-state index contributed by atoms with van der Waals surface area (Å²) in [7, 11) is 1.87. The van der Waals surface area contributed by atoms with Crippen molar-refractivity contribution in [3.05, 3.63) is 48.0 Å². The Morgan fingerprint density at radius 1 is 1.48 bits per heavy atom. The van der Waals surface area contributed by atoms with Crippen molar-refractivity contribution in [2.24, 2.45) is 13.0 Å². The molecule has 0 radical (unpaired) electrons. The number of hydrogen-bond acceptors (Lipinski definition) is 4. The van der Waals surface area contributed by atoms with E-state index in [1.54, 1.807) is 11.1 Å². The molecule has 1 N–H and O–H groups in total. The number of likely N-dealkylation sites (tertiary alicyclic amines) is 1. The van der Waals surface area contributed by atoms with Crippen LogP contribution in [-0.2, 0) is 11.8 Å². The molecule has 0 aliphatic carbocycles. The SMILES string of the molecule is Cc1cccc(OCC(=O)N2CCCC(C(O)c3nccn3C)C2)c1. The quantitative estimate of drug-likeness (QED) is 0.903. The van der Waals surface area contributed by atoms with E-state index in [1.807, 2.05) is 49.0 Å². The van der Waals surface area contributed by atoms with Crippen LogP contribution >= 0.6 is 0 Å². The largest absolute Gasteiger partial charge is 0.484 e. The molecule has 0 bridgehead atoms. The Bertz CT molecular complexity index is 728. The Hall–Kier alpha value is -2.34. The van der Waals surface area contributed by atoms with Crippen LogP contribution in [0.25, 0.3) is 0 Å². The smallest absolute Gasteiger partial charge is 0.260 e. The summed E-state index contributed by atoms with van der Waals surface area (Å²) in [4.78, 5) is 18.5. The fraction of sp³-hybridized carbons (Fsp3) is 0.474. The highest BCUT2D eigenvalue weighted by atomic mass is 16.5. The highest BCUT2D eigenvalue weighted by molar-refractivity contribution is 5.77. The van der Waals surface area contributed by atoms with Crippen molar-refractivity contribution in [3.63, 3.8) is 0 Å². The molecule has 2 aromatic rings. The lowest BCUT2D eigenvalue weighted by atomic mass is 9.92. The number of hydrogen-bond donors (Lipinski definition) is 1. The van der Waals surface area contributed by atoms with Crippen LogP contribution < -0.4 is 4.74 Å². The van der Waals surface area contributed by atoms with Gasteiger partial charge in [0.2, 0.25) is 0 Å². The fourth-order valence-corrected chi connectivity index (χ4v) is 3.31. The predicted molar refractivity (Wildman–Crippen MR) is 94.1 cm³/mol. The highest BCUT2D eigenvalue weighted by Crippen LogP contribution is 2.28. The van der Waals surface area contributed by atoms with E-state index in [9.17, 15) is 9.90 Å². The minimum atomic E-state index is -0.659. The molecule has 3 rings (SSSR count). The third-order valence-corrected chi connectivity index (χ3v) is 4.73. The van der Waals surface area contributed by atoms with Crippen LogP contribution in [0.1, 0.15) is 30.3 Å². The van der Waals surface area contributed by atoms with Crippen LogP contribution in [0.4, 0.5) is 0 Å². The third kappa shape index (κ3) is 4.20. The monoisotopic (exact) mass is 343 g/mol. The van der Waals surface area contributed by atoms with Crippen molar-refractivity contribution in [2.45, 2.75) is 25.9 Å². The lowest BCUT2D eigenvalue weighted by molar-refractivity contribution is -0.136. The summed E-state index contributed by atoms with van der Waals surface area (Å²) in [5.41, 5.74) is 1.10. The highest BCUT2D eigenvalue weighted by Gasteiger charge is 2.31. The maximum Gasteiger partial charge on any atom is 0.260 e. The average Bonchev–Trinajstić information content (AvgIpc) is 3.05. The van der Waals surface area contributed by atoms with E-state index in [-0.39, 0.29) is 18.4 Å². The van der Waals surface area contributed by atoms with Gasteiger partial charge in [0.15, 0.2) is 6.61 Å². The minimum absolute atomic E-state index is 0.00207. The summed E-state index contributed by atoms with van der Waals surface area (Å²) >= 11 is 0. The van der Waals surface area contributed by atoms with Crippen molar-refractivity contribution >= 4 is 5.91 Å². The normalized spacial score (nSPS) is 18.8. The van der Waals surface area contributed by atoms with Crippen molar-refractivity contribution in [1.82, 2.24) is 14.5 Å². The van der Waals surface area contributed by atoms with E-state index < -0.39 is 6.10 Å². The molecule has 1 saturated heterocycles. The Kier molecular flexibility index (Phi) is 5.38. The zero-order valence-corrected chi connectivity index (χ0v) is 14.8. The lowest BCUT2D eigenvalue weighted by Crippen LogP contribution is -2.44. The Balaban J connectivity index is 1.57. The van der Waals surface area contributed by atoms with Crippen molar-refractivity contribution in [2.75, 3.05) is 19.7 Å². The number of carbonyl (C=O) groups is 1. The number of nitrogens with zero attached hydrogens (tertiary/aromatic N) is 3. The summed E-state index contributed by atoms with van der Waals surface area (Å²) < 4.78 is 7.44. The van der Waals surface area contributed by atoms with Gasteiger partial charge in [-0.05, 0) is 37.5 Å². The second kappa shape index (κ2) is 7.70. The third-order valence-electron chi connectivity index (χ3n) is 4.73. The Morgan fingerprint density at radius 2 is 2.32 bits per heavy atom. The van der Waals surface area contributed by atoms with Gasteiger partial charge in [-0.3, -0.25) is 4.79 Å². The molecule has 134 valence electrons. The van der Waals surface area contributed by atoms with Crippen LogP contribution in [-0.4, -0.2) is 45.2 Å². The maximum absolute atomic E-state index is 12.5. The molecule has 1 aromatic carbocycles.